The molecule has 1 aliphatic carbocycles. The van der Waals surface area contributed by atoms with E-state index in [4.69, 9.17) is 7.10 Å². The number of nitrogens with two attached hydrogens (primary N) is 1. The summed E-state index contributed by atoms with van der Waals surface area (Å²) >= 11 is 1.32. The number of anilines is 2. The molecule has 4 aromatic heterocycles. The number of thiazole rings is 1. The molecule has 1 amide bonds. The number of hydrogen-bond acceptors (Lipinski definition) is 9. The van der Waals surface area contributed by atoms with E-state index in [1.54, 1.807) is 35.7 Å². The van der Waals surface area contributed by atoms with E-state index in [0.29, 0.717) is 23.0 Å². The number of rotatable bonds is 7. The molecule has 38 heavy (non-hydrogen) atoms. The Hall–Kier alpha value is -4.44. The molecule has 0 bridgehead atoms. The lowest BCUT2D eigenvalue weighted by molar-refractivity contribution is 0.0710. The molecule has 4 heterocycles. The van der Waals surface area contributed by atoms with Crippen molar-refractivity contribution in [1.29, 1.82) is 0 Å². The van der Waals surface area contributed by atoms with Crippen molar-refractivity contribution in [1.82, 2.24) is 29.9 Å². The van der Waals surface area contributed by atoms with Crippen LogP contribution in [0.1, 0.15) is 41.5 Å². The Morgan fingerprint density at radius 1 is 1.11 bits per heavy atom. The fourth-order valence-electron chi connectivity index (χ4n) is 4.36. The zero-order chi connectivity index (χ0) is 27.1. The first-order chi connectivity index (χ1) is 18.9. The quantitative estimate of drug-likeness (QED) is 0.298. The van der Waals surface area contributed by atoms with Crippen LogP contribution in [0.5, 0.6) is 0 Å². The molecule has 10 heteroatoms. The first-order valence-corrected chi connectivity index (χ1v) is 13.1. The number of carbonyl (C=O) groups is 1. The fraction of sp³-hybridized carbons (Fsp3) is 0.214. The Bertz CT molecular complexity index is 1670. The summed E-state index contributed by atoms with van der Waals surface area (Å²) in [5, 5.41) is 4.43. The standard InChI is InChI=1S/C28H26N8OS/c1-17-12-21-13-19(5-9-24(21)34-26(17)29)27(37)35(36(23-7-8-23)28-30-10-3-11-31-28)15-22-6-4-20(14-32-22)25-18(2)33-16-38-25/h3-6,9-14,16,23H,7-8,15H2,1-2H3,(H2,29,34)/i16D. The van der Waals surface area contributed by atoms with Crippen LogP contribution in [0.2, 0.25) is 0 Å². The number of nitrogen functional groups attached to an aromatic ring is 1. The summed E-state index contributed by atoms with van der Waals surface area (Å²) in [7, 11) is 0. The van der Waals surface area contributed by atoms with E-state index in [9.17, 15) is 4.79 Å². The first-order valence-electron chi connectivity index (χ1n) is 12.8. The molecule has 6 rings (SSSR count). The molecule has 0 unspecified atom stereocenters. The molecule has 0 radical (unpaired) electrons. The van der Waals surface area contributed by atoms with Gasteiger partial charge in [0.05, 0.1) is 41.2 Å². The number of pyridine rings is 2. The van der Waals surface area contributed by atoms with Gasteiger partial charge in [0.15, 0.2) is 0 Å². The van der Waals surface area contributed by atoms with Crippen LogP contribution < -0.4 is 10.7 Å². The van der Waals surface area contributed by atoms with Gasteiger partial charge in [0.1, 0.15) is 5.82 Å². The van der Waals surface area contributed by atoms with Gasteiger partial charge in [-0.25, -0.2) is 30.0 Å². The lowest BCUT2D eigenvalue weighted by Gasteiger charge is -2.35. The molecule has 190 valence electrons. The third-order valence-corrected chi connectivity index (χ3v) is 7.44. The van der Waals surface area contributed by atoms with Crippen LogP contribution in [0.15, 0.2) is 66.5 Å². The van der Waals surface area contributed by atoms with E-state index in [0.717, 1.165) is 45.4 Å². The zero-order valence-corrected chi connectivity index (χ0v) is 21.8. The molecule has 9 nitrogen and oxygen atoms in total. The Balaban J connectivity index is 1.38. The largest absolute Gasteiger partial charge is 0.383 e. The van der Waals surface area contributed by atoms with Gasteiger partial charge in [-0.05, 0) is 68.7 Å². The van der Waals surface area contributed by atoms with E-state index < -0.39 is 0 Å². The monoisotopic (exact) mass is 523 g/mol. The zero-order valence-electron chi connectivity index (χ0n) is 22.0. The van der Waals surface area contributed by atoms with E-state index >= 15 is 0 Å². The third kappa shape index (κ3) is 4.66. The van der Waals surface area contributed by atoms with Crippen molar-refractivity contribution in [2.45, 2.75) is 39.3 Å². The Kier molecular flexibility index (Phi) is 5.86. The predicted octanol–water partition coefficient (Wildman–Crippen LogP) is 4.97. The van der Waals surface area contributed by atoms with E-state index in [2.05, 4.69) is 24.9 Å². The summed E-state index contributed by atoms with van der Waals surface area (Å²) < 4.78 is 7.83. The molecular weight excluding hydrogens is 496 g/mol. The van der Waals surface area contributed by atoms with Crippen LogP contribution >= 0.6 is 11.3 Å². The molecule has 1 aromatic carbocycles. The van der Waals surface area contributed by atoms with Crippen LogP contribution in [0.25, 0.3) is 21.3 Å². The highest BCUT2D eigenvalue weighted by Gasteiger charge is 2.38. The molecule has 1 fully saturated rings. The lowest BCUT2D eigenvalue weighted by Crippen LogP contribution is -2.48. The van der Waals surface area contributed by atoms with Crippen molar-refractivity contribution in [2.24, 2.45) is 0 Å². The number of fused-ring (bicyclic) bond motifs is 1. The fourth-order valence-corrected chi connectivity index (χ4v) is 5.06. The van der Waals surface area contributed by atoms with Crippen LogP contribution in [0.4, 0.5) is 11.8 Å². The van der Waals surface area contributed by atoms with Crippen molar-refractivity contribution in [2.75, 3.05) is 10.7 Å². The van der Waals surface area contributed by atoms with Gasteiger partial charge >= 0.3 is 0 Å². The maximum atomic E-state index is 14.2. The number of amides is 1. The smallest absolute Gasteiger partial charge is 0.272 e. The summed E-state index contributed by atoms with van der Waals surface area (Å²) in [5.41, 5.74) is 10.8. The maximum absolute atomic E-state index is 14.2. The van der Waals surface area contributed by atoms with E-state index in [-0.39, 0.29) is 24.0 Å². The van der Waals surface area contributed by atoms with Gasteiger partial charge in [-0.2, -0.15) is 0 Å². The topological polar surface area (TPSA) is 114 Å². The molecule has 0 spiro atoms. The second kappa shape index (κ2) is 9.79. The maximum Gasteiger partial charge on any atom is 0.272 e. The molecule has 2 N–H and O–H groups in total. The van der Waals surface area contributed by atoms with Crippen molar-refractivity contribution in [3.8, 4) is 10.4 Å². The molecule has 0 atom stereocenters. The molecule has 5 aromatic rings. The lowest BCUT2D eigenvalue weighted by atomic mass is 10.1. The molecule has 1 aliphatic rings. The number of hydrogen-bond donors (Lipinski definition) is 1. The Morgan fingerprint density at radius 2 is 1.92 bits per heavy atom. The molecule has 0 saturated heterocycles. The van der Waals surface area contributed by atoms with Gasteiger partial charge in [0.2, 0.25) is 5.95 Å². The average Bonchev–Trinajstić information content (AvgIpc) is 3.71. The van der Waals surface area contributed by atoms with Gasteiger partial charge in [-0.3, -0.25) is 9.78 Å². The normalized spacial score (nSPS) is 13.4. The van der Waals surface area contributed by atoms with E-state index in [1.807, 2.05) is 49.2 Å². The Labute approximate surface area is 225 Å². The molecule has 0 aliphatic heterocycles. The second-order valence-corrected chi connectivity index (χ2v) is 10.1. The minimum Gasteiger partial charge on any atom is -0.383 e. The number of benzene rings is 1. The van der Waals surface area contributed by atoms with Crippen molar-refractivity contribution in [3.63, 3.8) is 0 Å². The SMILES string of the molecule is [2H]c1nc(C)c(-c2ccc(CN(C(=O)c3ccc4nc(N)c(C)cc4c3)N(c3ncccn3)C3CC3)nc2)s1. The molecular formula is C28H26N8OS. The van der Waals surface area contributed by atoms with Crippen LogP contribution in [0, 0.1) is 13.8 Å². The van der Waals surface area contributed by atoms with Crippen molar-refractivity contribution < 1.29 is 6.17 Å². The highest BCUT2D eigenvalue weighted by atomic mass is 32.1. The van der Waals surface area contributed by atoms with Crippen LogP contribution in [-0.2, 0) is 6.54 Å². The number of carbonyl (C=O) groups excluding carboxylic acids is 1. The number of aryl methyl sites for hydroxylation is 2. The minimum atomic E-state index is -0.186. The van der Waals surface area contributed by atoms with Gasteiger partial charge < -0.3 is 5.73 Å². The Morgan fingerprint density at radius 3 is 2.61 bits per heavy atom. The predicted molar refractivity (Wildman–Crippen MR) is 148 cm³/mol. The first kappa shape index (κ1) is 22.7. The van der Waals surface area contributed by atoms with Gasteiger partial charge in [0, 0.05) is 35.1 Å². The molecule has 1 saturated carbocycles. The number of aromatic nitrogens is 5. The summed E-state index contributed by atoms with van der Waals surface area (Å²) in [5.74, 6) is 0.763. The average molecular weight is 524 g/mol. The highest BCUT2D eigenvalue weighted by molar-refractivity contribution is 7.13. The van der Waals surface area contributed by atoms with Gasteiger partial charge in [-0.15, -0.1) is 11.3 Å². The van der Waals surface area contributed by atoms with Crippen LogP contribution in [0.3, 0.4) is 0 Å². The van der Waals surface area contributed by atoms with Crippen LogP contribution in [-0.4, -0.2) is 41.9 Å². The van der Waals surface area contributed by atoms with Crippen molar-refractivity contribution in [3.05, 3.63) is 89.1 Å². The highest BCUT2D eigenvalue weighted by Crippen LogP contribution is 2.33. The summed E-state index contributed by atoms with van der Waals surface area (Å²) in [6, 6.07) is 13.1. The summed E-state index contributed by atoms with van der Waals surface area (Å²) in [6.07, 6.45) is 7.01. The minimum absolute atomic E-state index is 0.120. The summed E-state index contributed by atoms with van der Waals surface area (Å²) in [4.78, 5) is 37.3. The van der Waals surface area contributed by atoms with Gasteiger partial charge in [0.25, 0.3) is 5.91 Å². The second-order valence-electron chi connectivity index (χ2n) is 9.34. The number of hydrazine groups is 1. The summed E-state index contributed by atoms with van der Waals surface area (Å²) in [6.45, 7) is 4.02. The van der Waals surface area contributed by atoms with Gasteiger partial charge in [-0.1, -0.05) is 6.07 Å². The van der Waals surface area contributed by atoms with Crippen molar-refractivity contribution >= 4 is 39.9 Å². The third-order valence-electron chi connectivity index (χ3n) is 6.52. The van der Waals surface area contributed by atoms with E-state index in [1.165, 1.54) is 11.3 Å². The number of nitrogens with zero attached hydrogens (tertiary/aromatic N) is 7.